The molecular formula is C10H12BrNS2. The van der Waals surface area contributed by atoms with E-state index >= 15 is 0 Å². The number of hydrogen-bond acceptors (Lipinski definition) is 3. The van der Waals surface area contributed by atoms with Crippen LogP contribution in [0.4, 0.5) is 0 Å². The summed E-state index contributed by atoms with van der Waals surface area (Å²) in [6, 6.07) is 3.98. The number of rotatable bonds is 4. The van der Waals surface area contributed by atoms with Crippen molar-refractivity contribution in [3.05, 3.63) is 22.8 Å². The lowest BCUT2D eigenvalue weighted by molar-refractivity contribution is 0.682. The molecule has 1 aromatic heterocycles. The smallest absolute Gasteiger partial charge is 0.110 e. The van der Waals surface area contributed by atoms with Crippen LogP contribution in [0.2, 0.25) is 0 Å². The minimum atomic E-state index is 0.505. The van der Waals surface area contributed by atoms with Gasteiger partial charge in [-0.2, -0.15) is 12.6 Å². The van der Waals surface area contributed by atoms with Gasteiger partial charge in [-0.3, -0.25) is 0 Å². The summed E-state index contributed by atoms with van der Waals surface area (Å²) < 4.78 is 1.10. The van der Waals surface area contributed by atoms with Crippen molar-refractivity contribution in [1.82, 2.24) is 4.98 Å². The second-order valence-electron chi connectivity index (χ2n) is 3.74. The third kappa shape index (κ3) is 2.47. The lowest BCUT2D eigenvalue weighted by atomic mass is 10.2. The molecule has 4 heteroatoms. The van der Waals surface area contributed by atoms with Crippen molar-refractivity contribution in [2.75, 3.05) is 11.5 Å². The van der Waals surface area contributed by atoms with Crippen molar-refractivity contribution in [1.29, 1.82) is 0 Å². The van der Waals surface area contributed by atoms with E-state index in [-0.39, 0.29) is 0 Å². The average Bonchev–Trinajstić information content (AvgIpc) is 2.98. The van der Waals surface area contributed by atoms with Gasteiger partial charge in [0.05, 0.1) is 0 Å². The van der Waals surface area contributed by atoms with Crippen molar-refractivity contribution < 1.29 is 0 Å². The number of aromatic nitrogens is 1. The molecule has 0 radical (unpaired) electrons. The molecule has 1 aliphatic rings. The van der Waals surface area contributed by atoms with E-state index in [0.29, 0.717) is 5.41 Å². The van der Waals surface area contributed by atoms with Gasteiger partial charge in [0.1, 0.15) is 5.03 Å². The highest BCUT2D eigenvalue weighted by molar-refractivity contribution is 9.10. The van der Waals surface area contributed by atoms with Crippen molar-refractivity contribution in [2.45, 2.75) is 17.9 Å². The molecule has 0 atom stereocenters. The largest absolute Gasteiger partial charge is 0.249 e. The zero-order valence-corrected chi connectivity index (χ0v) is 11.0. The van der Waals surface area contributed by atoms with E-state index in [0.717, 1.165) is 21.0 Å². The fraction of sp³-hybridized carbons (Fsp3) is 0.500. The maximum absolute atomic E-state index is 4.39. The predicted molar refractivity (Wildman–Crippen MR) is 68.2 cm³/mol. The molecule has 0 spiro atoms. The quantitative estimate of drug-likeness (QED) is 0.671. The van der Waals surface area contributed by atoms with Crippen LogP contribution in [0.15, 0.2) is 27.8 Å². The summed E-state index contributed by atoms with van der Waals surface area (Å²) >= 11 is 9.73. The molecule has 1 aliphatic carbocycles. The predicted octanol–water partition coefficient (Wildman–Crippen LogP) is 3.65. The van der Waals surface area contributed by atoms with Gasteiger partial charge >= 0.3 is 0 Å². The number of pyridine rings is 1. The highest BCUT2D eigenvalue weighted by atomic mass is 79.9. The fourth-order valence-corrected chi connectivity index (χ4v) is 3.58. The Morgan fingerprint density at radius 1 is 1.57 bits per heavy atom. The van der Waals surface area contributed by atoms with Gasteiger partial charge in [-0.25, -0.2) is 4.98 Å². The minimum Gasteiger partial charge on any atom is -0.249 e. The first-order valence-corrected chi connectivity index (χ1v) is 7.01. The lowest BCUT2D eigenvalue weighted by Gasteiger charge is -2.10. The molecule has 14 heavy (non-hydrogen) atoms. The van der Waals surface area contributed by atoms with Crippen LogP contribution >= 0.6 is 40.3 Å². The van der Waals surface area contributed by atoms with Crippen LogP contribution in [0.3, 0.4) is 0 Å². The highest BCUT2D eigenvalue weighted by Gasteiger charge is 2.41. The van der Waals surface area contributed by atoms with Gasteiger partial charge in [0.2, 0.25) is 0 Å². The molecule has 0 saturated heterocycles. The number of thioether (sulfide) groups is 1. The van der Waals surface area contributed by atoms with Gasteiger partial charge in [-0.15, -0.1) is 11.8 Å². The second-order valence-corrected chi connectivity index (χ2v) is 5.87. The molecule has 0 aromatic carbocycles. The van der Waals surface area contributed by atoms with Crippen molar-refractivity contribution in [3.8, 4) is 0 Å². The standard InChI is InChI=1S/C10H12BrNS2/c11-8-2-1-5-12-9(8)14-7-10(6-13)3-4-10/h1-2,5,13H,3-4,6-7H2. The van der Waals surface area contributed by atoms with Crippen molar-refractivity contribution in [3.63, 3.8) is 0 Å². The Kier molecular flexibility index (Phi) is 3.45. The normalized spacial score (nSPS) is 18.1. The molecule has 1 saturated carbocycles. The third-order valence-electron chi connectivity index (χ3n) is 2.53. The van der Waals surface area contributed by atoms with Gasteiger partial charge in [-0.1, -0.05) is 0 Å². The summed E-state index contributed by atoms with van der Waals surface area (Å²) in [6.07, 6.45) is 4.50. The van der Waals surface area contributed by atoms with E-state index in [1.807, 2.05) is 30.1 Å². The van der Waals surface area contributed by atoms with E-state index in [4.69, 9.17) is 0 Å². The molecule has 1 nitrogen and oxygen atoms in total. The van der Waals surface area contributed by atoms with Crippen LogP contribution in [0.5, 0.6) is 0 Å². The Bertz CT molecular complexity index is 326. The van der Waals surface area contributed by atoms with Crippen LogP contribution in [0.25, 0.3) is 0 Å². The summed E-state index contributed by atoms with van der Waals surface area (Å²) in [5.74, 6) is 2.15. The summed E-state index contributed by atoms with van der Waals surface area (Å²) in [7, 11) is 0. The van der Waals surface area contributed by atoms with E-state index in [1.165, 1.54) is 12.8 Å². The summed E-state index contributed by atoms with van der Waals surface area (Å²) in [4.78, 5) is 4.33. The Morgan fingerprint density at radius 3 is 2.93 bits per heavy atom. The second kappa shape index (κ2) is 4.45. The van der Waals surface area contributed by atoms with Gasteiger partial charge in [0.15, 0.2) is 0 Å². The zero-order valence-electron chi connectivity index (χ0n) is 7.74. The first-order valence-electron chi connectivity index (χ1n) is 4.60. The van der Waals surface area contributed by atoms with Gasteiger partial charge < -0.3 is 0 Å². The Hall–Kier alpha value is 0.330. The Balaban J connectivity index is 1.95. The van der Waals surface area contributed by atoms with Crippen LogP contribution in [-0.4, -0.2) is 16.5 Å². The maximum Gasteiger partial charge on any atom is 0.110 e. The van der Waals surface area contributed by atoms with E-state index in [1.54, 1.807) is 0 Å². The van der Waals surface area contributed by atoms with Crippen LogP contribution < -0.4 is 0 Å². The van der Waals surface area contributed by atoms with Gasteiger partial charge in [0, 0.05) is 16.4 Å². The lowest BCUT2D eigenvalue weighted by Crippen LogP contribution is -2.05. The number of nitrogens with zero attached hydrogens (tertiary/aromatic N) is 1. The van der Waals surface area contributed by atoms with Crippen LogP contribution in [0.1, 0.15) is 12.8 Å². The Labute approximate surface area is 103 Å². The number of thiol groups is 1. The van der Waals surface area contributed by atoms with Crippen LogP contribution in [-0.2, 0) is 0 Å². The molecular weight excluding hydrogens is 278 g/mol. The van der Waals surface area contributed by atoms with Crippen molar-refractivity contribution in [2.24, 2.45) is 5.41 Å². The van der Waals surface area contributed by atoms with Gasteiger partial charge in [0.25, 0.3) is 0 Å². The monoisotopic (exact) mass is 289 g/mol. The molecule has 0 bridgehead atoms. The first-order chi connectivity index (χ1) is 6.76. The van der Waals surface area contributed by atoms with Crippen molar-refractivity contribution >= 4 is 40.3 Å². The molecule has 0 N–H and O–H groups in total. The maximum atomic E-state index is 4.39. The fourth-order valence-electron chi connectivity index (χ4n) is 1.22. The van der Waals surface area contributed by atoms with E-state index in [2.05, 4.69) is 33.5 Å². The zero-order chi connectivity index (χ0) is 10.0. The molecule has 1 heterocycles. The van der Waals surface area contributed by atoms with Gasteiger partial charge in [-0.05, 0) is 52.1 Å². The van der Waals surface area contributed by atoms with E-state index in [9.17, 15) is 0 Å². The SMILES string of the molecule is SCC1(CSc2ncccc2Br)CC1. The Morgan fingerprint density at radius 2 is 2.36 bits per heavy atom. The molecule has 2 rings (SSSR count). The average molecular weight is 290 g/mol. The molecule has 76 valence electrons. The van der Waals surface area contributed by atoms with Crippen LogP contribution in [0, 0.1) is 5.41 Å². The minimum absolute atomic E-state index is 0.505. The summed E-state index contributed by atoms with van der Waals surface area (Å²) in [5, 5.41) is 1.10. The highest BCUT2D eigenvalue weighted by Crippen LogP contribution is 2.50. The first kappa shape index (κ1) is 10.8. The number of halogens is 1. The number of hydrogen-bond donors (Lipinski definition) is 1. The topological polar surface area (TPSA) is 12.9 Å². The summed E-state index contributed by atoms with van der Waals surface area (Å²) in [6.45, 7) is 0. The molecule has 0 amide bonds. The van der Waals surface area contributed by atoms with E-state index < -0.39 is 0 Å². The molecule has 1 fully saturated rings. The third-order valence-corrected chi connectivity index (χ3v) is 5.46. The molecule has 0 unspecified atom stereocenters. The molecule has 0 aliphatic heterocycles. The molecule has 1 aromatic rings. The summed E-state index contributed by atoms with van der Waals surface area (Å²) in [5.41, 5.74) is 0.505.